The van der Waals surface area contributed by atoms with E-state index in [2.05, 4.69) is 32.9 Å². The van der Waals surface area contributed by atoms with E-state index in [0.29, 0.717) is 0 Å². The number of rotatable bonds is 52. The first-order valence-corrected chi connectivity index (χ1v) is 29.4. The molecular formula is C61H114O. The summed E-state index contributed by atoms with van der Waals surface area (Å²) < 4.78 is 0. The highest BCUT2D eigenvalue weighted by molar-refractivity contribution is 5.76. The molecule has 0 aliphatic carbocycles. The van der Waals surface area contributed by atoms with Crippen molar-refractivity contribution >= 4 is 6.29 Å². The van der Waals surface area contributed by atoms with E-state index in [1.807, 2.05) is 0 Å². The van der Waals surface area contributed by atoms with Crippen molar-refractivity contribution in [3.05, 3.63) is 34.4 Å². The Morgan fingerprint density at radius 1 is 0.258 bits per heavy atom. The summed E-state index contributed by atoms with van der Waals surface area (Å²) in [4.78, 5) is 12.2. The maximum absolute atomic E-state index is 12.2. The van der Waals surface area contributed by atoms with Gasteiger partial charge in [-0.05, 0) is 67.3 Å². The lowest BCUT2D eigenvalue weighted by Gasteiger charge is -2.17. The zero-order chi connectivity index (χ0) is 44.5. The monoisotopic (exact) mass is 863 g/mol. The van der Waals surface area contributed by atoms with Gasteiger partial charge in [0.2, 0.25) is 0 Å². The second-order valence-electron chi connectivity index (χ2n) is 20.6. The minimum absolute atomic E-state index is 0.929. The molecule has 0 spiro atoms. The van der Waals surface area contributed by atoms with E-state index < -0.39 is 0 Å². The minimum Gasteiger partial charge on any atom is -0.298 e. The van der Waals surface area contributed by atoms with Crippen LogP contribution in [0.5, 0.6) is 0 Å². The van der Waals surface area contributed by atoms with Gasteiger partial charge < -0.3 is 0 Å². The predicted octanol–water partition coefficient (Wildman–Crippen LogP) is 21.9. The summed E-state index contributed by atoms with van der Waals surface area (Å²) in [6, 6.07) is 4.58. The second kappa shape index (κ2) is 49.3. The number of hydrogen-bond acceptors (Lipinski definition) is 1. The van der Waals surface area contributed by atoms with Gasteiger partial charge in [0.1, 0.15) is 6.29 Å². The molecule has 1 heteroatoms. The van der Waals surface area contributed by atoms with Crippen LogP contribution in [-0.4, -0.2) is 6.29 Å². The molecular weight excluding hydrogens is 749 g/mol. The van der Waals surface area contributed by atoms with Gasteiger partial charge in [-0.15, -0.1) is 0 Å². The zero-order valence-electron chi connectivity index (χ0n) is 43.2. The highest BCUT2D eigenvalue weighted by Crippen LogP contribution is 2.26. The molecule has 0 aliphatic rings. The number of carbonyl (C=O) groups excluding carboxylic acids is 1. The van der Waals surface area contributed by atoms with Crippen molar-refractivity contribution in [2.75, 3.05) is 0 Å². The normalized spacial score (nSPS) is 11.6. The number of hydrogen-bond donors (Lipinski definition) is 0. The van der Waals surface area contributed by atoms with Crippen molar-refractivity contribution in [3.63, 3.8) is 0 Å². The molecule has 364 valence electrons. The molecule has 0 radical (unpaired) electrons. The van der Waals surface area contributed by atoms with Crippen LogP contribution in [0.15, 0.2) is 12.1 Å². The molecule has 0 saturated carbocycles. The molecule has 0 aromatic heterocycles. The molecule has 0 N–H and O–H groups in total. The van der Waals surface area contributed by atoms with E-state index >= 15 is 0 Å². The van der Waals surface area contributed by atoms with Crippen molar-refractivity contribution in [1.29, 1.82) is 0 Å². The van der Waals surface area contributed by atoms with Crippen molar-refractivity contribution in [1.82, 2.24) is 0 Å². The number of benzene rings is 1. The maximum atomic E-state index is 12.2. The van der Waals surface area contributed by atoms with Crippen molar-refractivity contribution in [3.8, 4) is 0 Å². The number of aryl methyl sites for hydroxylation is 2. The lowest BCUT2D eigenvalue weighted by atomic mass is 9.88. The smallest absolute Gasteiger partial charge is 0.150 e. The molecule has 0 amide bonds. The summed E-state index contributed by atoms with van der Waals surface area (Å²) in [6.07, 6.45) is 72.9. The third-order valence-corrected chi connectivity index (χ3v) is 14.5. The number of unbranched alkanes of at least 4 members (excludes halogenated alkanes) is 45. The van der Waals surface area contributed by atoms with Gasteiger partial charge in [-0.2, -0.15) is 0 Å². The molecule has 1 aromatic carbocycles. The van der Waals surface area contributed by atoms with Crippen molar-refractivity contribution < 1.29 is 4.79 Å². The molecule has 0 atom stereocenters. The summed E-state index contributed by atoms with van der Waals surface area (Å²) in [5.74, 6) is 0. The first-order valence-electron chi connectivity index (χ1n) is 29.4. The van der Waals surface area contributed by atoms with Crippen LogP contribution < -0.4 is 0 Å². The second-order valence-corrected chi connectivity index (χ2v) is 20.6. The largest absolute Gasteiger partial charge is 0.298 e. The predicted molar refractivity (Wildman–Crippen MR) is 282 cm³/mol. The Morgan fingerprint density at radius 2 is 0.435 bits per heavy atom. The Hall–Kier alpha value is -1.11. The Morgan fingerprint density at radius 3 is 0.629 bits per heavy atom. The van der Waals surface area contributed by atoms with Crippen LogP contribution >= 0.6 is 0 Å². The van der Waals surface area contributed by atoms with Crippen LogP contribution in [0.2, 0.25) is 0 Å². The fourth-order valence-corrected chi connectivity index (χ4v) is 10.2. The van der Waals surface area contributed by atoms with E-state index in [4.69, 9.17) is 0 Å². The summed E-state index contributed by atoms with van der Waals surface area (Å²) in [5.41, 5.74) is 5.61. The van der Waals surface area contributed by atoms with Crippen molar-refractivity contribution in [2.45, 2.75) is 348 Å². The Bertz CT molecular complexity index is 967. The molecule has 1 rings (SSSR count). The molecule has 1 nitrogen and oxygen atoms in total. The quantitative estimate of drug-likeness (QED) is 0.0471. The molecule has 62 heavy (non-hydrogen) atoms. The van der Waals surface area contributed by atoms with Gasteiger partial charge in [-0.25, -0.2) is 0 Å². The molecule has 0 unspecified atom stereocenters. The molecule has 0 saturated heterocycles. The van der Waals surface area contributed by atoms with E-state index in [1.54, 1.807) is 5.56 Å². The molecule has 1 aromatic rings. The minimum atomic E-state index is 0.929. The van der Waals surface area contributed by atoms with Crippen LogP contribution in [0.25, 0.3) is 0 Å². The Kier molecular flexibility index (Phi) is 46.9. The fourth-order valence-electron chi connectivity index (χ4n) is 10.2. The average molecular weight is 864 g/mol. The first kappa shape index (κ1) is 58.9. The third-order valence-electron chi connectivity index (χ3n) is 14.5. The summed E-state index contributed by atoms with van der Waals surface area (Å²) >= 11 is 0. The van der Waals surface area contributed by atoms with Gasteiger partial charge in [0, 0.05) is 5.56 Å². The molecule has 0 bridgehead atoms. The molecule has 0 heterocycles. The lowest BCUT2D eigenvalue weighted by Crippen LogP contribution is -2.04. The van der Waals surface area contributed by atoms with Gasteiger partial charge >= 0.3 is 0 Å². The molecule has 0 fully saturated rings. The Balaban J connectivity index is 2.42. The van der Waals surface area contributed by atoms with Gasteiger partial charge in [0.05, 0.1) is 0 Å². The SMILES string of the molecule is CCCCCCCCCCCCCCCCCCc1cc(C=O)cc(CCCCCCCCCCCCCCCCCC)c1CCCCCCCCCCCCCCCCCC. The highest BCUT2D eigenvalue weighted by atomic mass is 16.1. The van der Waals surface area contributed by atoms with E-state index in [9.17, 15) is 4.79 Å². The highest BCUT2D eigenvalue weighted by Gasteiger charge is 2.12. The lowest BCUT2D eigenvalue weighted by molar-refractivity contribution is 0.112. The van der Waals surface area contributed by atoms with Gasteiger partial charge in [0.15, 0.2) is 0 Å². The van der Waals surface area contributed by atoms with Crippen LogP contribution in [0.3, 0.4) is 0 Å². The standard InChI is InChI=1S/C61H114O/c1-4-7-10-13-16-19-22-25-28-31-34-37-40-43-46-49-52-59-55-58(57-62)56-60(53-50-47-44-41-38-35-32-29-26-23-20-17-14-11-8-5-2)61(59)54-51-48-45-42-39-36-33-30-27-24-21-18-15-12-9-6-3/h55-57H,4-54H2,1-3H3. The molecule has 0 aliphatic heterocycles. The van der Waals surface area contributed by atoms with Gasteiger partial charge in [-0.1, -0.05) is 310 Å². The van der Waals surface area contributed by atoms with E-state index in [0.717, 1.165) is 11.8 Å². The van der Waals surface area contributed by atoms with E-state index in [1.165, 1.54) is 339 Å². The van der Waals surface area contributed by atoms with Crippen molar-refractivity contribution in [2.24, 2.45) is 0 Å². The topological polar surface area (TPSA) is 17.1 Å². The Labute approximate surface area is 392 Å². The summed E-state index contributed by atoms with van der Waals surface area (Å²) in [5, 5.41) is 0. The zero-order valence-corrected chi connectivity index (χ0v) is 43.2. The average Bonchev–Trinajstić information content (AvgIpc) is 3.28. The van der Waals surface area contributed by atoms with E-state index in [-0.39, 0.29) is 0 Å². The summed E-state index contributed by atoms with van der Waals surface area (Å²) in [7, 11) is 0. The maximum Gasteiger partial charge on any atom is 0.150 e. The fraction of sp³-hybridized carbons (Fsp3) is 0.885. The van der Waals surface area contributed by atoms with Crippen LogP contribution in [0.1, 0.15) is 356 Å². The number of aldehydes is 1. The third kappa shape index (κ3) is 39.3. The van der Waals surface area contributed by atoms with Crippen LogP contribution in [0, 0.1) is 0 Å². The van der Waals surface area contributed by atoms with Gasteiger partial charge in [-0.3, -0.25) is 4.79 Å². The van der Waals surface area contributed by atoms with Gasteiger partial charge in [0.25, 0.3) is 0 Å². The first-order chi connectivity index (χ1) is 30.8. The van der Waals surface area contributed by atoms with Crippen LogP contribution in [0.4, 0.5) is 0 Å². The summed E-state index contributed by atoms with van der Waals surface area (Å²) in [6.45, 7) is 6.93. The van der Waals surface area contributed by atoms with Crippen LogP contribution in [-0.2, 0) is 19.3 Å². The number of carbonyl (C=O) groups is 1.